The molecule has 0 aliphatic carbocycles. The predicted octanol–water partition coefficient (Wildman–Crippen LogP) is 2.03. The summed E-state index contributed by atoms with van der Waals surface area (Å²) >= 11 is 6.25. The SMILES string of the molecule is N#Cc1cnc(N2CCC(N3CCCC3CO)CC2)c(Cl)c1. The number of hydrogen-bond acceptors (Lipinski definition) is 5. The van der Waals surface area contributed by atoms with Crippen molar-refractivity contribution in [3.63, 3.8) is 0 Å². The summed E-state index contributed by atoms with van der Waals surface area (Å²) in [4.78, 5) is 9.02. The molecular formula is C16H21ClN4O. The summed E-state index contributed by atoms with van der Waals surface area (Å²) in [7, 11) is 0. The Morgan fingerprint density at radius 3 is 2.73 bits per heavy atom. The average molecular weight is 321 g/mol. The number of anilines is 1. The number of nitrogens with zero attached hydrogens (tertiary/aromatic N) is 4. The van der Waals surface area contributed by atoms with E-state index in [-0.39, 0.29) is 6.61 Å². The Labute approximate surface area is 136 Å². The number of aliphatic hydroxyl groups is 1. The first-order valence-corrected chi connectivity index (χ1v) is 8.28. The molecule has 5 nitrogen and oxygen atoms in total. The number of aliphatic hydroxyl groups excluding tert-OH is 1. The van der Waals surface area contributed by atoms with Crippen LogP contribution >= 0.6 is 11.6 Å². The maximum absolute atomic E-state index is 9.48. The van der Waals surface area contributed by atoms with E-state index in [0.717, 1.165) is 44.7 Å². The third-order valence-corrected chi connectivity index (χ3v) is 5.10. The largest absolute Gasteiger partial charge is 0.395 e. The normalized spacial score (nSPS) is 23.7. The van der Waals surface area contributed by atoms with E-state index in [0.29, 0.717) is 22.7 Å². The zero-order valence-electron chi connectivity index (χ0n) is 12.6. The number of pyridine rings is 1. The Balaban J connectivity index is 1.63. The third-order valence-electron chi connectivity index (χ3n) is 4.82. The van der Waals surface area contributed by atoms with Crippen molar-refractivity contribution < 1.29 is 5.11 Å². The van der Waals surface area contributed by atoms with Crippen molar-refractivity contribution in [1.82, 2.24) is 9.88 Å². The summed E-state index contributed by atoms with van der Waals surface area (Å²) in [5, 5.41) is 18.9. The van der Waals surface area contributed by atoms with Gasteiger partial charge in [-0.1, -0.05) is 11.6 Å². The van der Waals surface area contributed by atoms with Crippen LogP contribution in [-0.2, 0) is 0 Å². The van der Waals surface area contributed by atoms with Gasteiger partial charge in [-0.15, -0.1) is 0 Å². The molecule has 22 heavy (non-hydrogen) atoms. The second kappa shape index (κ2) is 6.82. The molecule has 1 unspecified atom stereocenters. The minimum atomic E-state index is 0.267. The minimum Gasteiger partial charge on any atom is -0.395 e. The van der Waals surface area contributed by atoms with Crippen LogP contribution in [0.15, 0.2) is 12.3 Å². The summed E-state index contributed by atoms with van der Waals surface area (Å²) in [5.74, 6) is 0.777. The Kier molecular flexibility index (Phi) is 4.82. The predicted molar refractivity (Wildman–Crippen MR) is 86.0 cm³/mol. The zero-order chi connectivity index (χ0) is 15.5. The maximum atomic E-state index is 9.48. The average Bonchev–Trinajstić information content (AvgIpc) is 3.03. The van der Waals surface area contributed by atoms with E-state index in [1.807, 2.05) is 0 Å². The molecule has 0 saturated carbocycles. The van der Waals surface area contributed by atoms with Crippen LogP contribution in [0.25, 0.3) is 0 Å². The van der Waals surface area contributed by atoms with Gasteiger partial charge in [0, 0.05) is 31.4 Å². The van der Waals surface area contributed by atoms with Gasteiger partial charge in [-0.3, -0.25) is 4.90 Å². The fourth-order valence-corrected chi connectivity index (χ4v) is 3.95. The molecule has 1 aromatic heterocycles. The highest BCUT2D eigenvalue weighted by Gasteiger charge is 2.32. The minimum absolute atomic E-state index is 0.267. The molecule has 0 radical (unpaired) electrons. The third kappa shape index (κ3) is 3.05. The molecule has 6 heteroatoms. The van der Waals surface area contributed by atoms with Gasteiger partial charge in [0.15, 0.2) is 0 Å². The highest BCUT2D eigenvalue weighted by molar-refractivity contribution is 6.33. The Bertz CT molecular complexity index is 566. The highest BCUT2D eigenvalue weighted by Crippen LogP contribution is 2.30. The molecule has 0 spiro atoms. The van der Waals surface area contributed by atoms with E-state index < -0.39 is 0 Å². The van der Waals surface area contributed by atoms with Gasteiger partial charge in [0.25, 0.3) is 0 Å². The van der Waals surface area contributed by atoms with Crippen molar-refractivity contribution in [2.75, 3.05) is 31.1 Å². The molecule has 3 heterocycles. The summed E-state index contributed by atoms with van der Waals surface area (Å²) < 4.78 is 0. The smallest absolute Gasteiger partial charge is 0.147 e. The molecule has 1 atom stereocenters. The lowest BCUT2D eigenvalue weighted by Crippen LogP contribution is -2.47. The van der Waals surface area contributed by atoms with E-state index in [4.69, 9.17) is 16.9 Å². The Morgan fingerprint density at radius 2 is 2.09 bits per heavy atom. The van der Waals surface area contributed by atoms with Crippen molar-refractivity contribution in [3.05, 3.63) is 22.8 Å². The lowest BCUT2D eigenvalue weighted by Gasteiger charge is -2.39. The van der Waals surface area contributed by atoms with Crippen LogP contribution in [0.3, 0.4) is 0 Å². The number of nitriles is 1. The molecule has 2 saturated heterocycles. The van der Waals surface area contributed by atoms with E-state index in [9.17, 15) is 5.11 Å². The molecule has 118 valence electrons. The van der Waals surface area contributed by atoms with Gasteiger partial charge >= 0.3 is 0 Å². The second-order valence-corrected chi connectivity index (χ2v) is 6.48. The number of hydrogen-bond donors (Lipinski definition) is 1. The summed E-state index contributed by atoms with van der Waals surface area (Å²) in [6.07, 6.45) is 6.01. The monoisotopic (exact) mass is 320 g/mol. The van der Waals surface area contributed by atoms with E-state index in [1.165, 1.54) is 6.42 Å². The van der Waals surface area contributed by atoms with Crippen LogP contribution < -0.4 is 4.90 Å². The quantitative estimate of drug-likeness (QED) is 0.923. The summed E-state index contributed by atoms with van der Waals surface area (Å²) in [6.45, 7) is 3.20. The van der Waals surface area contributed by atoms with Crippen LogP contribution in [0.2, 0.25) is 5.02 Å². The first-order valence-electron chi connectivity index (χ1n) is 7.90. The highest BCUT2D eigenvalue weighted by atomic mass is 35.5. The molecule has 2 fully saturated rings. The van der Waals surface area contributed by atoms with Gasteiger partial charge < -0.3 is 10.0 Å². The fraction of sp³-hybridized carbons (Fsp3) is 0.625. The van der Waals surface area contributed by atoms with E-state index in [1.54, 1.807) is 12.3 Å². The van der Waals surface area contributed by atoms with Crippen molar-refractivity contribution in [3.8, 4) is 6.07 Å². The van der Waals surface area contributed by atoms with Gasteiger partial charge in [-0.2, -0.15) is 5.26 Å². The number of likely N-dealkylation sites (tertiary alicyclic amines) is 1. The molecular weight excluding hydrogens is 300 g/mol. The van der Waals surface area contributed by atoms with Gasteiger partial charge in [-0.25, -0.2) is 4.98 Å². The first kappa shape index (κ1) is 15.5. The molecule has 0 amide bonds. The van der Waals surface area contributed by atoms with Crippen LogP contribution in [0.5, 0.6) is 0 Å². The van der Waals surface area contributed by atoms with Crippen molar-refractivity contribution >= 4 is 17.4 Å². The molecule has 0 bridgehead atoms. The molecule has 2 aliphatic rings. The first-order chi connectivity index (χ1) is 10.7. The molecule has 1 N–H and O–H groups in total. The summed E-state index contributed by atoms with van der Waals surface area (Å²) in [5.41, 5.74) is 0.492. The molecule has 2 aliphatic heterocycles. The van der Waals surface area contributed by atoms with Gasteiger partial charge in [-0.05, 0) is 38.3 Å². The molecule has 1 aromatic rings. The standard InChI is InChI=1S/C16H21ClN4O/c17-15-8-12(9-18)10-19-16(15)20-6-3-13(4-7-20)21-5-1-2-14(21)11-22/h8,10,13-14,22H,1-7,11H2. The number of aromatic nitrogens is 1. The van der Waals surface area contributed by atoms with Crippen molar-refractivity contribution in [1.29, 1.82) is 5.26 Å². The fourth-order valence-electron chi connectivity index (χ4n) is 3.67. The number of piperidine rings is 1. The lowest BCUT2D eigenvalue weighted by molar-refractivity contribution is 0.105. The Hall–Kier alpha value is -1.35. The van der Waals surface area contributed by atoms with Crippen LogP contribution in [0.1, 0.15) is 31.2 Å². The van der Waals surface area contributed by atoms with Gasteiger partial charge in [0.2, 0.25) is 0 Å². The lowest BCUT2D eigenvalue weighted by atomic mass is 10.0. The van der Waals surface area contributed by atoms with Gasteiger partial charge in [0.05, 0.1) is 17.2 Å². The Morgan fingerprint density at radius 1 is 1.32 bits per heavy atom. The maximum Gasteiger partial charge on any atom is 0.147 e. The number of rotatable bonds is 3. The number of halogens is 1. The van der Waals surface area contributed by atoms with E-state index >= 15 is 0 Å². The van der Waals surface area contributed by atoms with Crippen molar-refractivity contribution in [2.45, 2.75) is 37.8 Å². The summed E-state index contributed by atoms with van der Waals surface area (Å²) in [6, 6.07) is 4.63. The molecule has 3 rings (SSSR count). The van der Waals surface area contributed by atoms with Gasteiger partial charge in [0.1, 0.15) is 11.9 Å². The molecule has 0 aromatic carbocycles. The van der Waals surface area contributed by atoms with Crippen molar-refractivity contribution in [2.24, 2.45) is 0 Å². The van der Waals surface area contributed by atoms with Crippen LogP contribution in [0, 0.1) is 11.3 Å². The van der Waals surface area contributed by atoms with Crippen LogP contribution in [-0.4, -0.2) is 53.3 Å². The topological polar surface area (TPSA) is 63.4 Å². The zero-order valence-corrected chi connectivity index (χ0v) is 13.3. The second-order valence-electron chi connectivity index (χ2n) is 6.08. The van der Waals surface area contributed by atoms with Crippen LogP contribution in [0.4, 0.5) is 5.82 Å². The van der Waals surface area contributed by atoms with E-state index in [2.05, 4.69) is 20.9 Å².